The first-order chi connectivity index (χ1) is 13.1. The first-order valence-corrected chi connectivity index (χ1v) is 10.1. The van der Waals surface area contributed by atoms with E-state index >= 15 is 0 Å². The molecule has 1 spiro atoms. The molecule has 2 atom stereocenters. The second-order valence-corrected chi connectivity index (χ2v) is 8.01. The number of aliphatic imine (C=N–C) groups is 1. The average molecular weight is 373 g/mol. The summed E-state index contributed by atoms with van der Waals surface area (Å²) in [4.78, 5) is 6.88. The van der Waals surface area contributed by atoms with Gasteiger partial charge in [0.05, 0.1) is 13.2 Å². The molecule has 3 aliphatic heterocycles. The SMILES string of the molecule is CCOc1cc2c(cc1CNC(=NC)N1CCC3(CCOC3)C1)OC(C)C2. The zero-order valence-corrected chi connectivity index (χ0v) is 16.7. The fourth-order valence-corrected chi connectivity index (χ4v) is 4.50. The Bertz CT molecular complexity index is 713. The van der Waals surface area contributed by atoms with Crippen molar-refractivity contribution in [3.8, 4) is 11.5 Å². The maximum atomic E-state index is 5.94. The fourth-order valence-electron chi connectivity index (χ4n) is 4.50. The molecule has 3 heterocycles. The van der Waals surface area contributed by atoms with Crippen LogP contribution < -0.4 is 14.8 Å². The third-order valence-corrected chi connectivity index (χ3v) is 5.95. The topological polar surface area (TPSA) is 55.3 Å². The van der Waals surface area contributed by atoms with Crippen LogP contribution in [0.4, 0.5) is 0 Å². The van der Waals surface area contributed by atoms with E-state index in [1.165, 1.54) is 12.0 Å². The lowest BCUT2D eigenvalue weighted by molar-refractivity contribution is 0.156. The van der Waals surface area contributed by atoms with E-state index in [0.29, 0.717) is 18.6 Å². The highest BCUT2D eigenvalue weighted by atomic mass is 16.5. The van der Waals surface area contributed by atoms with Crippen LogP contribution in [-0.4, -0.2) is 56.9 Å². The molecule has 148 valence electrons. The van der Waals surface area contributed by atoms with Crippen LogP contribution in [-0.2, 0) is 17.7 Å². The monoisotopic (exact) mass is 373 g/mol. The Kier molecular flexibility index (Phi) is 5.17. The van der Waals surface area contributed by atoms with E-state index in [1.54, 1.807) is 0 Å². The highest BCUT2D eigenvalue weighted by molar-refractivity contribution is 5.80. The van der Waals surface area contributed by atoms with Crippen molar-refractivity contribution in [3.63, 3.8) is 0 Å². The number of hydrogen-bond acceptors (Lipinski definition) is 4. The molecule has 0 aromatic heterocycles. The standard InChI is InChI=1S/C21H31N3O3/c1-4-26-18-10-16-9-15(2)27-19(16)11-17(18)12-23-20(22-3)24-7-5-21(13-24)6-8-25-14-21/h10-11,15H,4-9,12-14H2,1-3H3,(H,22,23). The molecule has 4 rings (SSSR count). The van der Waals surface area contributed by atoms with E-state index in [2.05, 4.69) is 34.3 Å². The second kappa shape index (κ2) is 7.58. The van der Waals surface area contributed by atoms with Crippen LogP contribution in [0.25, 0.3) is 0 Å². The van der Waals surface area contributed by atoms with Crippen molar-refractivity contribution in [2.45, 2.75) is 45.8 Å². The first kappa shape index (κ1) is 18.4. The van der Waals surface area contributed by atoms with Crippen LogP contribution in [0.2, 0.25) is 0 Å². The van der Waals surface area contributed by atoms with Crippen molar-refractivity contribution >= 4 is 5.96 Å². The predicted octanol–water partition coefficient (Wildman–Crippen LogP) is 2.60. The zero-order valence-electron chi connectivity index (χ0n) is 16.7. The Morgan fingerprint density at radius 1 is 1.41 bits per heavy atom. The fraction of sp³-hybridized carbons (Fsp3) is 0.667. The van der Waals surface area contributed by atoms with Crippen LogP contribution in [0.3, 0.4) is 0 Å². The van der Waals surface area contributed by atoms with Crippen molar-refractivity contribution in [2.75, 3.05) is 40.0 Å². The first-order valence-electron chi connectivity index (χ1n) is 10.1. The van der Waals surface area contributed by atoms with Gasteiger partial charge in [-0.25, -0.2) is 0 Å². The molecule has 0 saturated carbocycles. The molecule has 0 amide bonds. The normalized spacial score (nSPS) is 27.1. The van der Waals surface area contributed by atoms with Crippen LogP contribution in [0.5, 0.6) is 11.5 Å². The smallest absolute Gasteiger partial charge is 0.193 e. The number of benzene rings is 1. The molecule has 2 unspecified atom stereocenters. The van der Waals surface area contributed by atoms with Gasteiger partial charge >= 0.3 is 0 Å². The zero-order chi connectivity index (χ0) is 18.9. The van der Waals surface area contributed by atoms with Gasteiger partial charge in [0.25, 0.3) is 0 Å². The lowest BCUT2D eigenvalue weighted by Gasteiger charge is -2.25. The van der Waals surface area contributed by atoms with Gasteiger partial charge in [-0.15, -0.1) is 0 Å². The number of nitrogens with one attached hydrogen (secondary N) is 1. The van der Waals surface area contributed by atoms with E-state index in [9.17, 15) is 0 Å². The number of ether oxygens (including phenoxy) is 3. The van der Waals surface area contributed by atoms with Gasteiger partial charge in [0, 0.05) is 56.3 Å². The number of guanidine groups is 1. The molecular formula is C21H31N3O3. The minimum atomic E-state index is 0.236. The molecule has 6 heteroatoms. The summed E-state index contributed by atoms with van der Waals surface area (Å²) < 4.78 is 17.5. The largest absolute Gasteiger partial charge is 0.494 e. The molecule has 0 aliphatic carbocycles. The van der Waals surface area contributed by atoms with E-state index in [4.69, 9.17) is 14.2 Å². The summed E-state index contributed by atoms with van der Waals surface area (Å²) in [6.45, 7) is 9.30. The van der Waals surface area contributed by atoms with Crippen LogP contribution in [0.1, 0.15) is 37.8 Å². The van der Waals surface area contributed by atoms with Crippen molar-refractivity contribution in [2.24, 2.45) is 10.4 Å². The quantitative estimate of drug-likeness (QED) is 0.649. The Labute approximate surface area is 161 Å². The minimum Gasteiger partial charge on any atom is -0.494 e. The van der Waals surface area contributed by atoms with Crippen molar-refractivity contribution in [1.29, 1.82) is 0 Å². The third-order valence-electron chi connectivity index (χ3n) is 5.95. The number of likely N-dealkylation sites (tertiary alicyclic amines) is 1. The van der Waals surface area contributed by atoms with Crippen LogP contribution in [0, 0.1) is 5.41 Å². The summed E-state index contributed by atoms with van der Waals surface area (Å²) >= 11 is 0. The minimum absolute atomic E-state index is 0.236. The summed E-state index contributed by atoms with van der Waals surface area (Å²) in [5, 5.41) is 3.53. The van der Waals surface area contributed by atoms with Gasteiger partial charge in [-0.1, -0.05) is 0 Å². The number of rotatable bonds is 4. The van der Waals surface area contributed by atoms with Gasteiger partial charge in [0.2, 0.25) is 0 Å². The lowest BCUT2D eigenvalue weighted by Crippen LogP contribution is -2.41. The van der Waals surface area contributed by atoms with E-state index < -0.39 is 0 Å². The Morgan fingerprint density at radius 2 is 2.30 bits per heavy atom. The average Bonchev–Trinajstić information content (AvgIpc) is 3.37. The molecule has 1 aromatic carbocycles. The van der Waals surface area contributed by atoms with Crippen LogP contribution in [0.15, 0.2) is 17.1 Å². The molecule has 27 heavy (non-hydrogen) atoms. The van der Waals surface area contributed by atoms with Crippen LogP contribution >= 0.6 is 0 Å². The summed E-state index contributed by atoms with van der Waals surface area (Å²) in [6, 6.07) is 4.27. The van der Waals surface area contributed by atoms with Crippen molar-refractivity contribution < 1.29 is 14.2 Å². The summed E-state index contributed by atoms with van der Waals surface area (Å²) in [7, 11) is 1.86. The van der Waals surface area contributed by atoms with Crippen molar-refractivity contribution in [3.05, 3.63) is 23.3 Å². The van der Waals surface area contributed by atoms with Crippen molar-refractivity contribution in [1.82, 2.24) is 10.2 Å². The van der Waals surface area contributed by atoms with Gasteiger partial charge in [0.1, 0.15) is 17.6 Å². The Balaban J connectivity index is 1.45. The molecule has 0 bridgehead atoms. The van der Waals surface area contributed by atoms with E-state index in [-0.39, 0.29) is 6.10 Å². The van der Waals surface area contributed by atoms with E-state index in [0.717, 1.165) is 62.2 Å². The summed E-state index contributed by atoms with van der Waals surface area (Å²) in [6.07, 6.45) is 3.53. The lowest BCUT2D eigenvalue weighted by atomic mass is 9.87. The molecule has 2 fully saturated rings. The molecule has 6 nitrogen and oxygen atoms in total. The highest BCUT2D eigenvalue weighted by Gasteiger charge is 2.42. The Hall–Kier alpha value is -1.95. The van der Waals surface area contributed by atoms with Gasteiger partial charge in [-0.2, -0.15) is 0 Å². The van der Waals surface area contributed by atoms with Gasteiger partial charge < -0.3 is 24.4 Å². The number of nitrogens with zero attached hydrogens (tertiary/aromatic N) is 2. The summed E-state index contributed by atoms with van der Waals surface area (Å²) in [5.74, 6) is 2.89. The maximum Gasteiger partial charge on any atom is 0.193 e. The summed E-state index contributed by atoms with van der Waals surface area (Å²) in [5.41, 5.74) is 2.68. The molecule has 3 aliphatic rings. The highest BCUT2D eigenvalue weighted by Crippen LogP contribution is 2.38. The van der Waals surface area contributed by atoms with Gasteiger partial charge in [-0.3, -0.25) is 4.99 Å². The molecule has 2 saturated heterocycles. The molecule has 0 radical (unpaired) electrons. The Morgan fingerprint density at radius 3 is 3.04 bits per heavy atom. The third kappa shape index (κ3) is 3.72. The maximum absolute atomic E-state index is 5.94. The molecular weight excluding hydrogens is 342 g/mol. The van der Waals surface area contributed by atoms with Gasteiger partial charge in [-0.05, 0) is 38.8 Å². The second-order valence-electron chi connectivity index (χ2n) is 8.01. The molecule has 1 aromatic rings. The van der Waals surface area contributed by atoms with E-state index in [1.807, 2.05) is 14.0 Å². The molecule has 1 N–H and O–H groups in total. The van der Waals surface area contributed by atoms with Gasteiger partial charge in [0.15, 0.2) is 5.96 Å². The number of hydrogen-bond donors (Lipinski definition) is 1. The predicted molar refractivity (Wildman–Crippen MR) is 106 cm³/mol. The number of fused-ring (bicyclic) bond motifs is 1.